The van der Waals surface area contributed by atoms with Crippen LogP contribution in [0, 0.1) is 0 Å². The molecular weight excluding hydrogens is 576 g/mol. The monoisotopic (exact) mass is 610 g/mol. The molecule has 0 spiro atoms. The van der Waals surface area contributed by atoms with Crippen molar-refractivity contribution in [3.63, 3.8) is 0 Å². The van der Waals surface area contributed by atoms with E-state index in [0.29, 0.717) is 11.3 Å². The van der Waals surface area contributed by atoms with Gasteiger partial charge in [0.15, 0.2) is 24.6 Å². The minimum absolute atomic E-state index is 0.150. The van der Waals surface area contributed by atoms with Gasteiger partial charge in [-0.2, -0.15) is 0 Å². The molecule has 0 amide bonds. The van der Waals surface area contributed by atoms with Crippen molar-refractivity contribution in [3.8, 4) is 23.0 Å². The third-order valence-corrected chi connectivity index (χ3v) is 7.71. The molecule has 236 valence electrons. The van der Waals surface area contributed by atoms with E-state index >= 15 is 0 Å². The predicted molar refractivity (Wildman–Crippen MR) is 140 cm³/mol. The fraction of sp³-hybridized carbons (Fsp3) is 0.536. The molecule has 0 bridgehead atoms. The third-order valence-electron chi connectivity index (χ3n) is 7.71. The lowest BCUT2D eigenvalue weighted by Crippen LogP contribution is -2.64. The van der Waals surface area contributed by atoms with Crippen LogP contribution in [0.15, 0.2) is 36.4 Å². The first-order valence-electron chi connectivity index (χ1n) is 13.5. The average Bonchev–Trinajstić information content (AvgIpc) is 2.99. The molecule has 0 radical (unpaired) electrons. The second-order valence-electron chi connectivity index (χ2n) is 10.5. The van der Waals surface area contributed by atoms with Crippen molar-refractivity contribution in [2.45, 2.75) is 80.5 Å². The number of ether oxygens (including phenoxy) is 6. The number of hydrogen-bond donors (Lipinski definition) is 8. The van der Waals surface area contributed by atoms with Crippen molar-refractivity contribution >= 4 is 5.78 Å². The van der Waals surface area contributed by atoms with Gasteiger partial charge in [0.1, 0.15) is 65.2 Å². The van der Waals surface area contributed by atoms with Gasteiger partial charge in [0.25, 0.3) is 0 Å². The molecule has 3 heterocycles. The van der Waals surface area contributed by atoms with Gasteiger partial charge < -0.3 is 69.3 Å². The van der Waals surface area contributed by atoms with Gasteiger partial charge in [-0.05, 0) is 24.6 Å². The normalized spacial score (nSPS) is 37.7. The highest BCUT2D eigenvalue weighted by Crippen LogP contribution is 2.43. The van der Waals surface area contributed by atoms with Crippen LogP contribution < -0.4 is 14.2 Å². The zero-order valence-electron chi connectivity index (χ0n) is 23.0. The van der Waals surface area contributed by atoms with E-state index in [4.69, 9.17) is 28.4 Å². The summed E-state index contributed by atoms with van der Waals surface area (Å²) in [4.78, 5) is 13.0. The maximum atomic E-state index is 13.0. The fourth-order valence-corrected chi connectivity index (χ4v) is 5.25. The van der Waals surface area contributed by atoms with Gasteiger partial charge in [-0.15, -0.1) is 0 Å². The first-order chi connectivity index (χ1) is 20.4. The van der Waals surface area contributed by atoms with E-state index in [1.165, 1.54) is 20.1 Å². The maximum absolute atomic E-state index is 13.0. The van der Waals surface area contributed by atoms with Crippen LogP contribution in [0.3, 0.4) is 0 Å². The predicted octanol–water partition coefficient (Wildman–Crippen LogP) is -1.89. The Morgan fingerprint density at radius 2 is 1.60 bits per heavy atom. The Labute approximate surface area is 245 Å². The molecule has 2 aromatic rings. The summed E-state index contributed by atoms with van der Waals surface area (Å²) in [6, 6.07) is 8.76. The van der Waals surface area contributed by atoms with Crippen LogP contribution in [-0.4, -0.2) is 128 Å². The summed E-state index contributed by atoms with van der Waals surface area (Å²) in [5.74, 6) is -1.29. The highest BCUT2D eigenvalue weighted by atomic mass is 16.8. The highest BCUT2D eigenvalue weighted by Gasteiger charge is 2.51. The summed E-state index contributed by atoms with van der Waals surface area (Å²) in [6.45, 7) is 0.684. The second-order valence-corrected chi connectivity index (χ2v) is 10.5. The molecule has 5 rings (SSSR count). The molecule has 2 fully saturated rings. The summed E-state index contributed by atoms with van der Waals surface area (Å²) in [7, 11) is 1.45. The molecular formula is C28H34O15. The summed E-state index contributed by atoms with van der Waals surface area (Å²) in [5, 5.41) is 83.0. The van der Waals surface area contributed by atoms with E-state index < -0.39 is 91.8 Å². The van der Waals surface area contributed by atoms with Gasteiger partial charge in [-0.25, -0.2) is 0 Å². The van der Waals surface area contributed by atoms with Crippen LogP contribution in [0.4, 0.5) is 0 Å². The second kappa shape index (κ2) is 12.5. The summed E-state index contributed by atoms with van der Waals surface area (Å²) >= 11 is 0. The smallest absolute Gasteiger partial charge is 0.229 e. The zero-order chi connectivity index (χ0) is 31.2. The summed E-state index contributed by atoms with van der Waals surface area (Å²) < 4.78 is 33.7. The number of phenolic OH excluding ortho intramolecular Hbond substituents is 1. The van der Waals surface area contributed by atoms with Crippen LogP contribution in [0.25, 0.3) is 0 Å². The zero-order valence-corrected chi connectivity index (χ0v) is 23.0. The Hall–Kier alpha value is -3.09. The number of fused-ring (bicyclic) bond motifs is 1. The molecule has 3 aliphatic heterocycles. The van der Waals surface area contributed by atoms with E-state index in [1.807, 2.05) is 0 Å². The van der Waals surface area contributed by atoms with Gasteiger partial charge in [-0.1, -0.05) is 12.1 Å². The molecule has 15 nitrogen and oxygen atoms in total. The van der Waals surface area contributed by atoms with E-state index in [9.17, 15) is 45.6 Å². The van der Waals surface area contributed by atoms with Crippen molar-refractivity contribution in [1.82, 2.24) is 0 Å². The number of methoxy groups -OCH3 is 1. The molecule has 8 N–H and O–H groups in total. The number of phenols is 1. The number of carbonyl (C=O) groups excluding carboxylic acids is 1. The van der Waals surface area contributed by atoms with Gasteiger partial charge >= 0.3 is 0 Å². The molecule has 0 aromatic heterocycles. The van der Waals surface area contributed by atoms with Crippen LogP contribution in [0.5, 0.6) is 23.0 Å². The molecule has 2 unspecified atom stereocenters. The number of hydrogen-bond acceptors (Lipinski definition) is 15. The number of rotatable bonds is 7. The van der Waals surface area contributed by atoms with E-state index in [2.05, 4.69) is 0 Å². The van der Waals surface area contributed by atoms with Crippen LogP contribution in [-0.2, 0) is 14.2 Å². The minimum atomic E-state index is -1.78. The van der Waals surface area contributed by atoms with Gasteiger partial charge in [0, 0.05) is 12.1 Å². The molecule has 2 aromatic carbocycles. The van der Waals surface area contributed by atoms with Crippen LogP contribution in [0.2, 0.25) is 0 Å². The van der Waals surface area contributed by atoms with Crippen LogP contribution >= 0.6 is 0 Å². The van der Waals surface area contributed by atoms with E-state index in [-0.39, 0.29) is 17.1 Å². The Morgan fingerprint density at radius 3 is 2.30 bits per heavy atom. The highest BCUT2D eigenvalue weighted by molar-refractivity contribution is 6.05. The van der Waals surface area contributed by atoms with Crippen molar-refractivity contribution in [3.05, 3.63) is 47.5 Å². The van der Waals surface area contributed by atoms with Gasteiger partial charge in [-0.3, -0.25) is 4.79 Å². The van der Waals surface area contributed by atoms with Crippen molar-refractivity contribution < 1.29 is 74.1 Å². The standard InChI is InChI=1S/C28H34O15/c1-10-18(31)21(34)24(37)27(39-10)43-26-22(35)19(32)16(9-29)42-28(26)40-13-7-14(30)17-15(8-13)41-25(23(36)20(17)33)11-4-3-5-12(6-11)38-2/h3-8,10,16,18-19,21-32,34-37H,9H2,1-2H3/t10-,16+,18-,19+,21+,22-,23?,24+,25?,26+,27-,28+/m0/s1. The molecule has 0 aliphatic carbocycles. The summed E-state index contributed by atoms with van der Waals surface area (Å²) in [6.07, 6.45) is -18.3. The first kappa shape index (κ1) is 31.3. The number of carbonyl (C=O) groups is 1. The van der Waals surface area contributed by atoms with E-state index in [0.717, 1.165) is 6.07 Å². The Kier molecular flexibility index (Phi) is 9.10. The SMILES string of the molecule is COc1cccc(C2Oc3cc(O[C@@H]4O[C@H](CO)[C@@H](O)[C@H](O)[C@H]4O[C@@H]4O[C@@H](C)[C@H](O)[C@@H](O)[C@H]4O)cc(O)c3C(=O)C2O)c1. The number of ketones is 1. The number of benzene rings is 2. The summed E-state index contributed by atoms with van der Waals surface area (Å²) in [5.41, 5.74) is 0.108. The van der Waals surface area contributed by atoms with Crippen LogP contribution in [0.1, 0.15) is 28.9 Å². The molecule has 12 atom stereocenters. The largest absolute Gasteiger partial charge is 0.507 e. The molecule has 3 aliphatic rings. The fourth-order valence-electron chi connectivity index (χ4n) is 5.25. The van der Waals surface area contributed by atoms with E-state index in [1.54, 1.807) is 24.3 Å². The Bertz CT molecular complexity index is 1300. The number of Topliss-reactive ketones (excluding diaryl/α,β-unsaturated/α-hetero) is 1. The van der Waals surface area contributed by atoms with Crippen molar-refractivity contribution in [1.29, 1.82) is 0 Å². The number of aliphatic hydroxyl groups is 7. The molecule has 43 heavy (non-hydrogen) atoms. The van der Waals surface area contributed by atoms with Gasteiger partial charge in [0.2, 0.25) is 12.1 Å². The van der Waals surface area contributed by atoms with Crippen molar-refractivity contribution in [2.75, 3.05) is 13.7 Å². The lowest BCUT2D eigenvalue weighted by atomic mass is 9.92. The molecule has 15 heteroatoms. The topological polar surface area (TPSA) is 234 Å². The Morgan fingerprint density at radius 1 is 0.860 bits per heavy atom. The number of aliphatic hydroxyl groups excluding tert-OH is 7. The lowest BCUT2D eigenvalue weighted by Gasteiger charge is -2.45. The first-order valence-corrected chi connectivity index (χ1v) is 13.5. The number of aromatic hydroxyl groups is 1. The molecule has 2 saturated heterocycles. The Balaban J connectivity index is 1.43. The molecule has 0 saturated carbocycles. The van der Waals surface area contributed by atoms with Gasteiger partial charge in [0.05, 0.1) is 19.8 Å². The third kappa shape index (κ3) is 5.88. The average molecular weight is 611 g/mol. The minimum Gasteiger partial charge on any atom is -0.507 e. The quantitative estimate of drug-likeness (QED) is 0.171. The van der Waals surface area contributed by atoms with Crippen molar-refractivity contribution in [2.24, 2.45) is 0 Å². The lowest BCUT2D eigenvalue weighted by molar-refractivity contribution is -0.354. The maximum Gasteiger partial charge on any atom is 0.229 e.